The van der Waals surface area contributed by atoms with Gasteiger partial charge in [0.15, 0.2) is 0 Å². The van der Waals surface area contributed by atoms with E-state index in [0.717, 1.165) is 28.9 Å². The highest BCUT2D eigenvalue weighted by Gasteiger charge is 2.18. The van der Waals surface area contributed by atoms with E-state index in [9.17, 15) is 5.11 Å². The molecule has 1 heterocycles. The van der Waals surface area contributed by atoms with Crippen molar-refractivity contribution in [1.82, 2.24) is 9.78 Å². The molecule has 2 rings (SSSR count). The molecular weight excluding hydrogens is 272 g/mol. The Morgan fingerprint density at radius 2 is 2.00 bits per heavy atom. The van der Waals surface area contributed by atoms with Gasteiger partial charge in [0, 0.05) is 5.56 Å². The van der Waals surface area contributed by atoms with Crippen molar-refractivity contribution in [2.45, 2.75) is 40.7 Å². The van der Waals surface area contributed by atoms with Gasteiger partial charge in [-0.15, -0.1) is 0 Å². The number of hydrogen-bond acceptors (Lipinski definition) is 2. The first kappa shape index (κ1) is 15.1. The maximum absolute atomic E-state index is 9.55. The Hall–Kier alpha value is -1.32. The molecule has 1 N–H and O–H groups in total. The van der Waals surface area contributed by atoms with Gasteiger partial charge < -0.3 is 5.11 Å². The minimum absolute atomic E-state index is 0.0776. The predicted octanol–water partition coefficient (Wildman–Crippen LogP) is 3.83. The van der Waals surface area contributed by atoms with E-state index in [1.165, 1.54) is 5.56 Å². The summed E-state index contributed by atoms with van der Waals surface area (Å²) < 4.78 is 1.74. The standard InChI is InChI=1S/C16H21ClN2O/c1-10(2)7-14-13(9-20)16(17)19(18-14)15-6-5-11(3)8-12(15)4/h5-6,8,10,20H,7,9H2,1-4H3. The van der Waals surface area contributed by atoms with Crippen LogP contribution in [0.2, 0.25) is 5.15 Å². The van der Waals surface area contributed by atoms with E-state index >= 15 is 0 Å². The SMILES string of the molecule is Cc1ccc(-n2nc(CC(C)C)c(CO)c2Cl)c(C)c1. The third-order valence-electron chi connectivity index (χ3n) is 3.34. The van der Waals surface area contributed by atoms with Crippen molar-refractivity contribution in [3.05, 3.63) is 45.7 Å². The summed E-state index contributed by atoms with van der Waals surface area (Å²) in [4.78, 5) is 0. The normalized spacial score (nSPS) is 11.3. The summed E-state index contributed by atoms with van der Waals surface area (Å²) in [5.41, 5.74) is 4.91. The van der Waals surface area contributed by atoms with Crippen LogP contribution in [0.15, 0.2) is 18.2 Å². The number of aromatic nitrogens is 2. The molecule has 0 aliphatic carbocycles. The van der Waals surface area contributed by atoms with Gasteiger partial charge in [0.05, 0.1) is 18.0 Å². The Balaban J connectivity index is 2.54. The number of nitrogens with zero attached hydrogens (tertiary/aromatic N) is 2. The lowest BCUT2D eigenvalue weighted by Gasteiger charge is -2.08. The van der Waals surface area contributed by atoms with Crippen LogP contribution in [-0.4, -0.2) is 14.9 Å². The maximum Gasteiger partial charge on any atom is 0.138 e. The molecule has 0 amide bonds. The van der Waals surface area contributed by atoms with E-state index in [1.807, 2.05) is 19.1 Å². The number of benzene rings is 1. The van der Waals surface area contributed by atoms with Gasteiger partial charge in [-0.25, -0.2) is 4.68 Å². The summed E-state index contributed by atoms with van der Waals surface area (Å²) in [6, 6.07) is 6.17. The lowest BCUT2D eigenvalue weighted by atomic mass is 10.1. The van der Waals surface area contributed by atoms with Crippen molar-refractivity contribution in [2.24, 2.45) is 5.92 Å². The molecule has 0 aliphatic rings. The average molecular weight is 293 g/mol. The van der Waals surface area contributed by atoms with Gasteiger partial charge in [-0.1, -0.05) is 43.1 Å². The zero-order valence-electron chi connectivity index (χ0n) is 12.4. The molecule has 0 radical (unpaired) electrons. The number of rotatable bonds is 4. The summed E-state index contributed by atoms with van der Waals surface area (Å²) >= 11 is 6.40. The highest BCUT2D eigenvalue weighted by molar-refractivity contribution is 6.30. The lowest BCUT2D eigenvalue weighted by molar-refractivity contribution is 0.280. The average Bonchev–Trinajstić information content (AvgIpc) is 2.65. The van der Waals surface area contributed by atoms with Gasteiger partial charge in [0.2, 0.25) is 0 Å². The van der Waals surface area contributed by atoms with Crippen LogP contribution in [0.4, 0.5) is 0 Å². The van der Waals surface area contributed by atoms with Gasteiger partial charge in [-0.3, -0.25) is 0 Å². The first-order valence-electron chi connectivity index (χ1n) is 6.88. The fourth-order valence-corrected chi connectivity index (χ4v) is 2.68. The second kappa shape index (κ2) is 5.98. The molecule has 3 nitrogen and oxygen atoms in total. The molecule has 4 heteroatoms. The van der Waals surface area contributed by atoms with Crippen molar-refractivity contribution < 1.29 is 5.11 Å². The van der Waals surface area contributed by atoms with Crippen LogP contribution < -0.4 is 0 Å². The Bertz CT molecular complexity index is 617. The third-order valence-corrected chi connectivity index (χ3v) is 3.73. The number of halogens is 1. The fourth-order valence-electron chi connectivity index (χ4n) is 2.38. The van der Waals surface area contributed by atoms with E-state index in [2.05, 4.69) is 31.9 Å². The summed E-state index contributed by atoms with van der Waals surface area (Å²) in [6.07, 6.45) is 0.813. The molecule has 0 saturated heterocycles. The minimum Gasteiger partial charge on any atom is -0.391 e. The molecule has 0 saturated carbocycles. The molecule has 1 aromatic heterocycles. The van der Waals surface area contributed by atoms with E-state index < -0.39 is 0 Å². The summed E-state index contributed by atoms with van der Waals surface area (Å²) in [6.45, 7) is 8.29. The Kier molecular flexibility index (Phi) is 4.51. The highest BCUT2D eigenvalue weighted by Crippen LogP contribution is 2.27. The highest BCUT2D eigenvalue weighted by atomic mass is 35.5. The number of aryl methyl sites for hydroxylation is 2. The topological polar surface area (TPSA) is 38.0 Å². The zero-order chi connectivity index (χ0) is 14.9. The number of aliphatic hydroxyl groups is 1. The maximum atomic E-state index is 9.55. The van der Waals surface area contributed by atoms with Gasteiger partial charge in [-0.05, 0) is 37.8 Å². The Morgan fingerprint density at radius 1 is 1.30 bits per heavy atom. The second-order valence-electron chi connectivity index (χ2n) is 5.67. The molecule has 0 atom stereocenters. The third kappa shape index (κ3) is 2.89. The first-order valence-corrected chi connectivity index (χ1v) is 7.26. The molecule has 108 valence electrons. The molecule has 0 spiro atoms. The monoisotopic (exact) mass is 292 g/mol. The van der Waals surface area contributed by atoms with E-state index in [0.29, 0.717) is 11.1 Å². The molecule has 1 aromatic carbocycles. The van der Waals surface area contributed by atoms with Crippen LogP contribution >= 0.6 is 11.6 Å². The van der Waals surface area contributed by atoms with Gasteiger partial charge in [-0.2, -0.15) is 5.10 Å². The van der Waals surface area contributed by atoms with Crippen LogP contribution in [-0.2, 0) is 13.0 Å². The van der Waals surface area contributed by atoms with Crippen molar-refractivity contribution in [3.8, 4) is 5.69 Å². The van der Waals surface area contributed by atoms with Crippen LogP contribution in [0.5, 0.6) is 0 Å². The predicted molar refractivity (Wildman–Crippen MR) is 82.5 cm³/mol. The number of hydrogen-bond donors (Lipinski definition) is 1. The molecule has 2 aromatic rings. The summed E-state index contributed by atoms with van der Waals surface area (Å²) in [7, 11) is 0. The summed E-state index contributed by atoms with van der Waals surface area (Å²) in [5, 5.41) is 14.7. The molecule has 0 aliphatic heterocycles. The van der Waals surface area contributed by atoms with Gasteiger partial charge in [0.25, 0.3) is 0 Å². The second-order valence-corrected chi connectivity index (χ2v) is 6.03. The van der Waals surface area contributed by atoms with Crippen LogP contribution in [0, 0.1) is 19.8 Å². The fraction of sp³-hybridized carbons (Fsp3) is 0.438. The van der Waals surface area contributed by atoms with E-state index in [-0.39, 0.29) is 6.61 Å². The zero-order valence-corrected chi connectivity index (χ0v) is 13.2. The van der Waals surface area contributed by atoms with Crippen molar-refractivity contribution in [1.29, 1.82) is 0 Å². The van der Waals surface area contributed by atoms with Gasteiger partial charge in [0.1, 0.15) is 5.15 Å². The smallest absolute Gasteiger partial charge is 0.138 e. The minimum atomic E-state index is -0.0776. The van der Waals surface area contributed by atoms with Crippen LogP contribution in [0.3, 0.4) is 0 Å². The van der Waals surface area contributed by atoms with Crippen LogP contribution in [0.1, 0.15) is 36.2 Å². The van der Waals surface area contributed by atoms with Crippen molar-refractivity contribution in [3.63, 3.8) is 0 Å². The molecule has 0 bridgehead atoms. The Labute approximate surface area is 125 Å². The summed E-state index contributed by atoms with van der Waals surface area (Å²) in [5.74, 6) is 0.471. The lowest BCUT2D eigenvalue weighted by Crippen LogP contribution is -2.02. The largest absolute Gasteiger partial charge is 0.391 e. The Morgan fingerprint density at radius 3 is 2.55 bits per heavy atom. The number of aliphatic hydroxyl groups excluding tert-OH is 1. The molecule has 0 fully saturated rings. The quantitative estimate of drug-likeness (QED) is 0.930. The van der Waals surface area contributed by atoms with Gasteiger partial charge >= 0.3 is 0 Å². The van der Waals surface area contributed by atoms with E-state index in [1.54, 1.807) is 4.68 Å². The first-order chi connectivity index (χ1) is 9.43. The molecule has 0 unspecified atom stereocenters. The van der Waals surface area contributed by atoms with Crippen LogP contribution in [0.25, 0.3) is 5.69 Å². The molecular formula is C16H21ClN2O. The van der Waals surface area contributed by atoms with Crippen molar-refractivity contribution in [2.75, 3.05) is 0 Å². The van der Waals surface area contributed by atoms with E-state index in [4.69, 9.17) is 11.6 Å². The van der Waals surface area contributed by atoms with Crippen molar-refractivity contribution >= 4 is 11.6 Å². The molecule has 20 heavy (non-hydrogen) atoms.